The molecule has 146 valence electrons. The average Bonchev–Trinajstić information content (AvgIpc) is 2.68. The maximum atomic E-state index is 13.2. The molecule has 4 heterocycles. The number of ether oxygens (including phenoxy) is 1. The predicted octanol–water partition coefficient (Wildman–Crippen LogP) is 0.318. The number of aromatic amines is 1. The Hall–Kier alpha value is -2.19. The molecule has 3 saturated heterocycles. The molecule has 0 aliphatic carbocycles. The molecule has 0 atom stereocenters. The second-order valence-corrected chi connectivity index (χ2v) is 7.67. The van der Waals surface area contributed by atoms with E-state index < -0.39 is 0 Å². The van der Waals surface area contributed by atoms with Crippen LogP contribution in [0.15, 0.2) is 17.1 Å². The summed E-state index contributed by atoms with van der Waals surface area (Å²) in [6, 6.07) is 1.54. The summed E-state index contributed by atoms with van der Waals surface area (Å²) < 4.78 is 5.46. The molecule has 1 aromatic heterocycles. The lowest BCUT2D eigenvalue weighted by atomic mass is 9.77. The van der Waals surface area contributed by atoms with Crippen LogP contribution in [-0.2, 0) is 9.53 Å². The Morgan fingerprint density at radius 2 is 2.04 bits per heavy atom. The molecule has 1 amide bonds. The van der Waals surface area contributed by atoms with Crippen molar-refractivity contribution in [1.29, 1.82) is 0 Å². The van der Waals surface area contributed by atoms with Crippen LogP contribution in [0, 0.1) is 0 Å². The normalized spacial score (nSPS) is 23.3. The van der Waals surface area contributed by atoms with E-state index in [-0.39, 0.29) is 34.3 Å². The summed E-state index contributed by atoms with van der Waals surface area (Å²) in [5.41, 5.74) is 6.45. The number of hydrogen-bond donors (Lipinski definition) is 3. The number of likely N-dealkylation sites (tertiary alicyclic amines) is 1. The number of piperidine rings is 1. The van der Waals surface area contributed by atoms with E-state index in [4.69, 9.17) is 10.5 Å². The molecule has 4 N–H and O–H groups in total. The lowest BCUT2D eigenvalue weighted by Gasteiger charge is -2.54. The number of nitrogens with two attached hydrogens (primary N) is 1. The molecule has 8 nitrogen and oxygen atoms in total. The molecule has 0 saturated carbocycles. The number of H-pyrrole nitrogens is 1. The quantitative estimate of drug-likeness (QED) is 0.658. The maximum absolute atomic E-state index is 13.2. The summed E-state index contributed by atoms with van der Waals surface area (Å²) in [7, 11) is 0. The van der Waals surface area contributed by atoms with Gasteiger partial charge >= 0.3 is 0 Å². The third kappa shape index (κ3) is 3.39. The average molecular weight is 373 g/mol. The third-order valence-corrected chi connectivity index (χ3v) is 6.21. The maximum Gasteiger partial charge on any atom is 0.259 e. The van der Waals surface area contributed by atoms with Gasteiger partial charge in [-0.3, -0.25) is 9.59 Å². The van der Waals surface area contributed by atoms with E-state index in [9.17, 15) is 9.59 Å². The van der Waals surface area contributed by atoms with Crippen molar-refractivity contribution >= 4 is 11.5 Å². The van der Waals surface area contributed by atoms with Gasteiger partial charge in [0.2, 0.25) is 0 Å². The van der Waals surface area contributed by atoms with Crippen LogP contribution < -0.4 is 16.6 Å². The fourth-order valence-corrected chi connectivity index (χ4v) is 4.46. The lowest BCUT2D eigenvalue weighted by molar-refractivity contribution is -0.149. The van der Waals surface area contributed by atoms with Crippen LogP contribution >= 0.6 is 0 Å². The van der Waals surface area contributed by atoms with Gasteiger partial charge in [0.05, 0.1) is 11.3 Å². The number of carbonyl (C=O) groups is 1. The number of aromatic nitrogens is 2. The van der Waals surface area contributed by atoms with Crippen molar-refractivity contribution in [2.24, 2.45) is 5.73 Å². The molecule has 1 aromatic rings. The van der Waals surface area contributed by atoms with Gasteiger partial charge < -0.3 is 25.7 Å². The predicted molar refractivity (Wildman–Crippen MR) is 101 cm³/mol. The zero-order chi connectivity index (χ0) is 18.9. The Morgan fingerprint density at radius 1 is 1.30 bits per heavy atom. The van der Waals surface area contributed by atoms with Crippen LogP contribution in [-0.4, -0.2) is 59.2 Å². The molecule has 0 unspecified atom stereocenters. The topological polar surface area (TPSA) is 113 Å². The van der Waals surface area contributed by atoms with E-state index in [0.29, 0.717) is 19.8 Å². The summed E-state index contributed by atoms with van der Waals surface area (Å²) in [6.45, 7) is 3.86. The first-order chi connectivity index (χ1) is 13.1. The van der Waals surface area contributed by atoms with Crippen molar-refractivity contribution in [3.05, 3.63) is 34.1 Å². The highest BCUT2D eigenvalue weighted by atomic mass is 16.5. The van der Waals surface area contributed by atoms with Gasteiger partial charge in [-0.2, -0.15) is 0 Å². The molecule has 0 aromatic carbocycles. The molecular formula is C19H27N5O3. The van der Waals surface area contributed by atoms with E-state index in [1.54, 1.807) is 6.07 Å². The Bertz CT molecular complexity index is 791. The number of carbonyl (C=O) groups excluding carboxylic acids is 1. The van der Waals surface area contributed by atoms with Gasteiger partial charge in [0.1, 0.15) is 5.82 Å². The Balaban J connectivity index is 1.60. The van der Waals surface area contributed by atoms with E-state index in [2.05, 4.69) is 15.3 Å². The fraction of sp³-hybridized carbons (Fsp3) is 0.632. The molecule has 4 rings (SSSR count). The van der Waals surface area contributed by atoms with Crippen LogP contribution in [0.3, 0.4) is 0 Å². The molecule has 3 aliphatic heterocycles. The number of hydrogen-bond acceptors (Lipinski definition) is 6. The summed E-state index contributed by atoms with van der Waals surface area (Å²) in [5.74, 6) is 0.348. The second kappa shape index (κ2) is 7.44. The van der Waals surface area contributed by atoms with Gasteiger partial charge in [-0.25, -0.2) is 4.98 Å². The van der Waals surface area contributed by atoms with Crippen molar-refractivity contribution in [1.82, 2.24) is 20.2 Å². The lowest BCUT2D eigenvalue weighted by Crippen LogP contribution is -2.64. The molecule has 1 spiro atoms. The van der Waals surface area contributed by atoms with Crippen LogP contribution in [0.4, 0.5) is 0 Å². The van der Waals surface area contributed by atoms with Crippen molar-refractivity contribution < 1.29 is 9.53 Å². The summed E-state index contributed by atoms with van der Waals surface area (Å²) in [4.78, 5) is 34.6. The second-order valence-electron chi connectivity index (χ2n) is 7.67. The molecule has 27 heavy (non-hydrogen) atoms. The molecular weight excluding hydrogens is 346 g/mol. The van der Waals surface area contributed by atoms with Gasteiger partial charge in [0, 0.05) is 43.5 Å². The summed E-state index contributed by atoms with van der Waals surface area (Å²) in [6.07, 6.45) is 5.81. The number of nitrogens with zero attached hydrogens (tertiary/aromatic N) is 2. The summed E-state index contributed by atoms with van der Waals surface area (Å²) >= 11 is 0. The SMILES string of the molecule is NC=C(C(=O)N1CCC12CCOCC2)c1nc(C2CCNCC2)cc(=O)[nH]1. The van der Waals surface area contributed by atoms with Crippen molar-refractivity contribution in [3.8, 4) is 0 Å². The Kier molecular flexibility index (Phi) is 5.01. The van der Waals surface area contributed by atoms with E-state index in [1.165, 1.54) is 6.20 Å². The van der Waals surface area contributed by atoms with Crippen molar-refractivity contribution in [2.75, 3.05) is 32.8 Å². The molecule has 0 radical (unpaired) electrons. The van der Waals surface area contributed by atoms with Crippen molar-refractivity contribution in [2.45, 2.75) is 43.6 Å². The highest BCUT2D eigenvalue weighted by molar-refractivity contribution is 6.18. The van der Waals surface area contributed by atoms with E-state index in [0.717, 1.165) is 50.9 Å². The van der Waals surface area contributed by atoms with Crippen LogP contribution in [0.1, 0.15) is 49.5 Å². The van der Waals surface area contributed by atoms with Gasteiger partial charge in [-0.05, 0) is 45.2 Å². The minimum atomic E-state index is -0.245. The van der Waals surface area contributed by atoms with Crippen molar-refractivity contribution in [3.63, 3.8) is 0 Å². The molecule has 3 fully saturated rings. The number of amides is 1. The van der Waals surface area contributed by atoms with E-state index >= 15 is 0 Å². The Morgan fingerprint density at radius 3 is 2.67 bits per heavy atom. The fourth-order valence-electron chi connectivity index (χ4n) is 4.46. The number of rotatable bonds is 3. The molecule has 8 heteroatoms. The zero-order valence-electron chi connectivity index (χ0n) is 15.5. The van der Waals surface area contributed by atoms with Crippen LogP contribution in [0.25, 0.3) is 5.57 Å². The minimum absolute atomic E-state index is 0.128. The molecule has 0 bridgehead atoms. The highest BCUT2D eigenvalue weighted by Gasteiger charge is 2.48. The summed E-state index contributed by atoms with van der Waals surface area (Å²) in [5, 5.41) is 3.31. The van der Waals surface area contributed by atoms with Crippen LogP contribution in [0.2, 0.25) is 0 Å². The first-order valence-corrected chi connectivity index (χ1v) is 9.77. The smallest absolute Gasteiger partial charge is 0.259 e. The highest BCUT2D eigenvalue weighted by Crippen LogP contribution is 2.40. The van der Waals surface area contributed by atoms with Gasteiger partial charge in [0.25, 0.3) is 11.5 Å². The van der Waals surface area contributed by atoms with Gasteiger partial charge in [-0.15, -0.1) is 0 Å². The number of nitrogens with one attached hydrogen (secondary N) is 2. The monoisotopic (exact) mass is 373 g/mol. The minimum Gasteiger partial charge on any atom is -0.404 e. The van der Waals surface area contributed by atoms with Crippen LogP contribution in [0.5, 0.6) is 0 Å². The van der Waals surface area contributed by atoms with E-state index in [1.807, 2.05) is 4.90 Å². The first kappa shape index (κ1) is 18.2. The van der Waals surface area contributed by atoms with Gasteiger partial charge in [0.15, 0.2) is 0 Å². The molecule has 3 aliphatic rings. The Labute approximate surface area is 158 Å². The van der Waals surface area contributed by atoms with Gasteiger partial charge in [-0.1, -0.05) is 0 Å². The standard InChI is InChI=1S/C19H27N5O3/c20-12-14(18(26)24-8-3-19(24)4-9-27-10-5-19)17-22-15(11-16(25)23-17)13-1-6-21-7-2-13/h11-13,21H,1-10,20H2,(H,22,23,25). The third-order valence-electron chi connectivity index (χ3n) is 6.21. The first-order valence-electron chi connectivity index (χ1n) is 9.77. The zero-order valence-corrected chi connectivity index (χ0v) is 15.5. The largest absolute Gasteiger partial charge is 0.404 e.